The van der Waals surface area contributed by atoms with Crippen LogP contribution in [-0.4, -0.2) is 26.7 Å². The van der Waals surface area contributed by atoms with E-state index in [0.717, 1.165) is 11.3 Å². The summed E-state index contributed by atoms with van der Waals surface area (Å²) in [5.74, 6) is 1.47. The van der Waals surface area contributed by atoms with Crippen molar-refractivity contribution in [1.29, 1.82) is 0 Å². The van der Waals surface area contributed by atoms with Gasteiger partial charge in [0, 0.05) is 25.6 Å². The summed E-state index contributed by atoms with van der Waals surface area (Å²) < 4.78 is 10.9. The summed E-state index contributed by atoms with van der Waals surface area (Å²) in [6, 6.07) is 7.76. The quantitative estimate of drug-likeness (QED) is 0.839. The van der Waals surface area contributed by atoms with Crippen LogP contribution in [-0.2, 0) is 9.53 Å². The van der Waals surface area contributed by atoms with Crippen molar-refractivity contribution >= 4 is 5.91 Å². The first-order valence-corrected chi connectivity index (χ1v) is 8.17. The Hall–Kier alpha value is -1.55. The number of rotatable bonds is 7. The molecule has 1 saturated carbocycles. The molecule has 4 nitrogen and oxygen atoms in total. The molecule has 1 N–H and O–H groups in total. The Balaban J connectivity index is 1.86. The Morgan fingerprint density at radius 2 is 1.95 bits per heavy atom. The van der Waals surface area contributed by atoms with Crippen molar-refractivity contribution in [3.63, 3.8) is 0 Å². The first kappa shape index (κ1) is 16.8. The molecule has 4 heteroatoms. The predicted molar refractivity (Wildman–Crippen MR) is 86.9 cm³/mol. The van der Waals surface area contributed by atoms with Gasteiger partial charge in [0.25, 0.3) is 0 Å². The molecular formula is C18H27NO3. The van der Waals surface area contributed by atoms with Gasteiger partial charge in [-0.25, -0.2) is 0 Å². The topological polar surface area (TPSA) is 47.6 Å². The summed E-state index contributed by atoms with van der Waals surface area (Å²) in [5.41, 5.74) is 0.963. The average Bonchev–Trinajstić information content (AvgIpc) is 2.56. The molecule has 0 spiro atoms. The van der Waals surface area contributed by atoms with Gasteiger partial charge in [-0.05, 0) is 24.8 Å². The van der Waals surface area contributed by atoms with Crippen LogP contribution in [0.2, 0.25) is 0 Å². The van der Waals surface area contributed by atoms with E-state index < -0.39 is 0 Å². The average molecular weight is 305 g/mol. The number of para-hydroxylation sites is 1. The fourth-order valence-corrected chi connectivity index (χ4v) is 3.18. The minimum atomic E-state index is -0.188. The third-order valence-corrected chi connectivity index (χ3v) is 4.45. The monoisotopic (exact) mass is 305 g/mol. The molecule has 1 aliphatic rings. The number of nitrogens with one attached hydrogen (secondary N) is 1. The summed E-state index contributed by atoms with van der Waals surface area (Å²) in [6.07, 6.45) is 6.67. The molecule has 0 heterocycles. The van der Waals surface area contributed by atoms with Crippen LogP contribution < -0.4 is 10.1 Å². The summed E-state index contributed by atoms with van der Waals surface area (Å²) in [5, 5.41) is 3.01. The lowest BCUT2D eigenvalue weighted by Gasteiger charge is -2.22. The summed E-state index contributed by atoms with van der Waals surface area (Å²) in [7, 11) is 3.30. The summed E-state index contributed by atoms with van der Waals surface area (Å²) in [6.45, 7) is 0.475. The number of ether oxygens (including phenoxy) is 2. The predicted octanol–water partition coefficient (Wildman–Crippen LogP) is 3.47. The van der Waals surface area contributed by atoms with E-state index in [2.05, 4.69) is 5.32 Å². The third kappa shape index (κ3) is 4.73. The lowest BCUT2D eigenvalue weighted by atomic mass is 9.87. The Bertz CT molecular complexity index is 469. The first-order valence-electron chi connectivity index (χ1n) is 8.17. The number of methoxy groups -OCH3 is 2. The minimum Gasteiger partial charge on any atom is -0.496 e. The highest BCUT2D eigenvalue weighted by molar-refractivity contribution is 5.76. The molecule has 1 aromatic carbocycles. The summed E-state index contributed by atoms with van der Waals surface area (Å²) >= 11 is 0. The maximum Gasteiger partial charge on any atom is 0.220 e. The van der Waals surface area contributed by atoms with Crippen molar-refractivity contribution in [1.82, 2.24) is 5.32 Å². The molecule has 122 valence electrons. The van der Waals surface area contributed by atoms with Crippen LogP contribution >= 0.6 is 0 Å². The zero-order valence-corrected chi connectivity index (χ0v) is 13.6. The molecular weight excluding hydrogens is 278 g/mol. The smallest absolute Gasteiger partial charge is 0.220 e. The molecule has 1 atom stereocenters. The number of carbonyl (C=O) groups is 1. The molecule has 1 aliphatic carbocycles. The van der Waals surface area contributed by atoms with E-state index in [-0.39, 0.29) is 12.0 Å². The van der Waals surface area contributed by atoms with Gasteiger partial charge in [0.05, 0.1) is 7.11 Å². The Morgan fingerprint density at radius 3 is 2.64 bits per heavy atom. The Labute approximate surface area is 133 Å². The van der Waals surface area contributed by atoms with Crippen molar-refractivity contribution in [2.75, 3.05) is 20.8 Å². The maximum atomic E-state index is 12.1. The Morgan fingerprint density at radius 1 is 1.23 bits per heavy atom. The van der Waals surface area contributed by atoms with Crippen LogP contribution in [0.15, 0.2) is 24.3 Å². The zero-order chi connectivity index (χ0) is 15.8. The number of hydrogen-bond donors (Lipinski definition) is 1. The van der Waals surface area contributed by atoms with Gasteiger partial charge in [-0.3, -0.25) is 4.79 Å². The number of hydrogen-bond acceptors (Lipinski definition) is 3. The second-order valence-corrected chi connectivity index (χ2v) is 5.98. The second kappa shape index (κ2) is 8.79. The van der Waals surface area contributed by atoms with Crippen molar-refractivity contribution in [2.45, 2.75) is 44.6 Å². The molecule has 0 aliphatic heterocycles. The van der Waals surface area contributed by atoms with Crippen molar-refractivity contribution in [3.8, 4) is 5.75 Å². The van der Waals surface area contributed by atoms with Crippen molar-refractivity contribution in [3.05, 3.63) is 29.8 Å². The molecule has 1 fully saturated rings. The molecule has 0 saturated heterocycles. The SMILES string of the molecule is COc1ccccc1C(CNC(=O)CC1CCCCC1)OC. The van der Waals surface area contributed by atoms with Gasteiger partial charge in [-0.15, -0.1) is 0 Å². The lowest BCUT2D eigenvalue weighted by molar-refractivity contribution is -0.122. The lowest BCUT2D eigenvalue weighted by Crippen LogP contribution is -2.31. The molecule has 1 aromatic rings. The maximum absolute atomic E-state index is 12.1. The van der Waals surface area contributed by atoms with Gasteiger partial charge < -0.3 is 14.8 Å². The van der Waals surface area contributed by atoms with Crippen LogP contribution in [0.4, 0.5) is 0 Å². The standard InChI is InChI=1S/C18H27NO3/c1-21-16-11-7-6-10-15(16)17(22-2)13-19-18(20)12-14-8-4-3-5-9-14/h6-7,10-11,14,17H,3-5,8-9,12-13H2,1-2H3,(H,19,20). The normalized spacial score (nSPS) is 17.0. The highest BCUT2D eigenvalue weighted by Gasteiger charge is 2.19. The fraction of sp³-hybridized carbons (Fsp3) is 0.611. The third-order valence-electron chi connectivity index (χ3n) is 4.45. The van der Waals surface area contributed by atoms with Gasteiger partial charge in [0.2, 0.25) is 5.91 Å². The van der Waals surface area contributed by atoms with E-state index in [0.29, 0.717) is 18.9 Å². The van der Waals surface area contributed by atoms with Crippen molar-refractivity contribution < 1.29 is 14.3 Å². The van der Waals surface area contributed by atoms with Crippen LogP contribution in [0.25, 0.3) is 0 Å². The number of benzene rings is 1. The largest absolute Gasteiger partial charge is 0.496 e. The van der Waals surface area contributed by atoms with Crippen LogP contribution in [0.1, 0.15) is 50.2 Å². The van der Waals surface area contributed by atoms with Gasteiger partial charge in [0.1, 0.15) is 11.9 Å². The van der Waals surface area contributed by atoms with Crippen LogP contribution in [0.5, 0.6) is 5.75 Å². The molecule has 1 amide bonds. The highest BCUT2D eigenvalue weighted by Crippen LogP contribution is 2.28. The highest BCUT2D eigenvalue weighted by atomic mass is 16.5. The van der Waals surface area contributed by atoms with Gasteiger partial charge in [-0.2, -0.15) is 0 Å². The van der Waals surface area contributed by atoms with E-state index in [1.165, 1.54) is 32.1 Å². The van der Waals surface area contributed by atoms with E-state index in [9.17, 15) is 4.79 Å². The van der Waals surface area contributed by atoms with E-state index in [1.807, 2.05) is 24.3 Å². The van der Waals surface area contributed by atoms with Gasteiger partial charge >= 0.3 is 0 Å². The van der Waals surface area contributed by atoms with E-state index in [4.69, 9.17) is 9.47 Å². The van der Waals surface area contributed by atoms with E-state index in [1.54, 1.807) is 14.2 Å². The molecule has 0 bridgehead atoms. The zero-order valence-electron chi connectivity index (χ0n) is 13.6. The van der Waals surface area contributed by atoms with Gasteiger partial charge in [-0.1, -0.05) is 37.5 Å². The van der Waals surface area contributed by atoms with Crippen LogP contribution in [0.3, 0.4) is 0 Å². The fourth-order valence-electron chi connectivity index (χ4n) is 3.18. The van der Waals surface area contributed by atoms with Crippen molar-refractivity contribution in [2.24, 2.45) is 5.92 Å². The molecule has 1 unspecified atom stereocenters. The van der Waals surface area contributed by atoms with Gasteiger partial charge in [0.15, 0.2) is 0 Å². The van der Waals surface area contributed by atoms with Crippen LogP contribution in [0, 0.1) is 5.92 Å². The summed E-state index contributed by atoms with van der Waals surface area (Å²) in [4.78, 5) is 12.1. The second-order valence-electron chi connectivity index (χ2n) is 5.98. The minimum absolute atomic E-state index is 0.129. The number of amides is 1. The first-order chi connectivity index (χ1) is 10.7. The Kier molecular flexibility index (Phi) is 6.72. The van der Waals surface area contributed by atoms with E-state index >= 15 is 0 Å². The molecule has 0 radical (unpaired) electrons. The molecule has 2 rings (SSSR count). The molecule has 22 heavy (non-hydrogen) atoms. The molecule has 0 aromatic heterocycles. The number of carbonyl (C=O) groups excluding carboxylic acids is 1.